The van der Waals surface area contributed by atoms with Gasteiger partial charge in [-0.05, 0) is 38.1 Å². The highest BCUT2D eigenvalue weighted by atomic mass is 16.1. The second-order valence-electron chi connectivity index (χ2n) is 7.29. The van der Waals surface area contributed by atoms with E-state index >= 15 is 0 Å². The lowest BCUT2D eigenvalue weighted by molar-refractivity contribution is 0.198. The SMILES string of the molecule is CN(C)c1ccc2nnc(C3CCN(Cc4cn(C)c(=O)cn4)CC3)n2n1. The van der Waals surface area contributed by atoms with Crippen LogP contribution in [0.5, 0.6) is 0 Å². The van der Waals surface area contributed by atoms with Crippen molar-refractivity contribution in [2.45, 2.75) is 25.3 Å². The summed E-state index contributed by atoms with van der Waals surface area (Å²) < 4.78 is 3.45. The van der Waals surface area contributed by atoms with E-state index in [2.05, 4.69) is 25.2 Å². The highest BCUT2D eigenvalue weighted by molar-refractivity contribution is 5.45. The minimum absolute atomic E-state index is 0.0827. The number of hydrogen-bond acceptors (Lipinski definition) is 7. The van der Waals surface area contributed by atoms with Crippen molar-refractivity contribution in [1.29, 1.82) is 0 Å². The average Bonchev–Trinajstić information content (AvgIpc) is 3.08. The van der Waals surface area contributed by atoms with E-state index in [4.69, 9.17) is 0 Å². The van der Waals surface area contributed by atoms with Crippen molar-refractivity contribution in [3.8, 4) is 0 Å². The second kappa shape index (κ2) is 7.07. The van der Waals surface area contributed by atoms with E-state index in [9.17, 15) is 4.79 Å². The summed E-state index contributed by atoms with van der Waals surface area (Å²) in [4.78, 5) is 20.1. The zero-order valence-corrected chi connectivity index (χ0v) is 15.9. The number of aryl methyl sites for hydroxylation is 1. The minimum atomic E-state index is -0.0827. The van der Waals surface area contributed by atoms with E-state index in [0.717, 1.165) is 55.5 Å². The molecule has 3 aromatic rings. The van der Waals surface area contributed by atoms with Crippen LogP contribution in [0.3, 0.4) is 0 Å². The lowest BCUT2D eigenvalue weighted by Gasteiger charge is -2.30. The van der Waals surface area contributed by atoms with Gasteiger partial charge in [-0.2, -0.15) is 4.52 Å². The summed E-state index contributed by atoms with van der Waals surface area (Å²) in [5, 5.41) is 13.4. The summed E-state index contributed by atoms with van der Waals surface area (Å²) >= 11 is 0. The van der Waals surface area contributed by atoms with E-state index in [1.807, 2.05) is 41.8 Å². The summed E-state index contributed by atoms with van der Waals surface area (Å²) in [6.07, 6.45) is 5.20. The Morgan fingerprint density at radius 2 is 1.96 bits per heavy atom. The van der Waals surface area contributed by atoms with E-state index in [1.165, 1.54) is 6.20 Å². The number of rotatable bonds is 4. The molecule has 0 spiro atoms. The van der Waals surface area contributed by atoms with Crippen molar-refractivity contribution in [3.63, 3.8) is 0 Å². The molecule has 142 valence electrons. The lowest BCUT2D eigenvalue weighted by Crippen LogP contribution is -2.34. The number of anilines is 1. The third kappa shape index (κ3) is 3.55. The van der Waals surface area contributed by atoms with Crippen molar-refractivity contribution < 1.29 is 0 Å². The maximum atomic E-state index is 11.5. The number of hydrogen-bond donors (Lipinski definition) is 0. The van der Waals surface area contributed by atoms with Crippen LogP contribution < -0.4 is 10.5 Å². The first kappa shape index (κ1) is 17.6. The largest absolute Gasteiger partial charge is 0.361 e. The van der Waals surface area contributed by atoms with Gasteiger partial charge in [0.1, 0.15) is 5.82 Å². The Kier molecular flexibility index (Phi) is 4.61. The molecule has 3 aromatic heterocycles. The molecule has 0 aromatic carbocycles. The summed E-state index contributed by atoms with van der Waals surface area (Å²) in [6.45, 7) is 2.67. The van der Waals surface area contributed by atoms with Gasteiger partial charge in [-0.15, -0.1) is 15.3 Å². The molecule has 0 N–H and O–H groups in total. The van der Waals surface area contributed by atoms with E-state index in [0.29, 0.717) is 5.92 Å². The first-order valence-corrected chi connectivity index (χ1v) is 9.15. The molecule has 0 atom stereocenters. The fraction of sp³-hybridized carbons (Fsp3) is 0.500. The summed E-state index contributed by atoms with van der Waals surface area (Å²) in [7, 11) is 5.71. The van der Waals surface area contributed by atoms with Crippen molar-refractivity contribution in [1.82, 2.24) is 34.3 Å². The number of likely N-dealkylation sites (tertiary alicyclic amines) is 1. The van der Waals surface area contributed by atoms with Gasteiger partial charge >= 0.3 is 0 Å². The molecule has 0 unspecified atom stereocenters. The van der Waals surface area contributed by atoms with Crippen molar-refractivity contribution in [2.24, 2.45) is 7.05 Å². The van der Waals surface area contributed by atoms with Gasteiger partial charge in [-0.3, -0.25) is 14.7 Å². The van der Waals surface area contributed by atoms with Crippen LogP contribution >= 0.6 is 0 Å². The molecule has 9 heteroatoms. The third-order valence-corrected chi connectivity index (χ3v) is 5.10. The van der Waals surface area contributed by atoms with Crippen LogP contribution in [0.2, 0.25) is 0 Å². The molecule has 0 bridgehead atoms. The predicted molar refractivity (Wildman–Crippen MR) is 102 cm³/mol. The lowest BCUT2D eigenvalue weighted by atomic mass is 9.96. The zero-order chi connectivity index (χ0) is 19.0. The fourth-order valence-corrected chi connectivity index (χ4v) is 3.50. The minimum Gasteiger partial charge on any atom is -0.361 e. The van der Waals surface area contributed by atoms with E-state index in [1.54, 1.807) is 11.6 Å². The molecule has 1 aliphatic rings. The maximum Gasteiger partial charge on any atom is 0.268 e. The van der Waals surface area contributed by atoms with Crippen molar-refractivity contribution in [2.75, 3.05) is 32.1 Å². The standard InChI is InChI=1S/C18H24N8O/c1-23(2)16-5-4-15-20-21-18(26(15)22-16)13-6-8-25(9-7-13)12-14-11-24(3)17(27)10-19-14/h4-5,10-11,13H,6-9,12H2,1-3H3. The molecule has 0 radical (unpaired) electrons. The number of aromatic nitrogens is 6. The first-order chi connectivity index (χ1) is 13.0. The molecular formula is C18H24N8O. The van der Waals surface area contributed by atoms with Crippen LogP contribution in [0, 0.1) is 0 Å². The Labute approximate surface area is 157 Å². The molecule has 0 amide bonds. The van der Waals surface area contributed by atoms with Gasteiger partial charge in [0.2, 0.25) is 0 Å². The molecule has 9 nitrogen and oxygen atoms in total. The number of piperidine rings is 1. The van der Waals surface area contributed by atoms with Crippen LogP contribution in [0.25, 0.3) is 5.65 Å². The van der Waals surface area contributed by atoms with Crippen molar-refractivity contribution >= 4 is 11.5 Å². The van der Waals surface area contributed by atoms with Crippen LogP contribution in [0.15, 0.2) is 29.3 Å². The Morgan fingerprint density at radius 3 is 2.67 bits per heavy atom. The van der Waals surface area contributed by atoms with Gasteiger partial charge in [0.25, 0.3) is 5.56 Å². The van der Waals surface area contributed by atoms with Crippen LogP contribution in [0.1, 0.15) is 30.3 Å². The monoisotopic (exact) mass is 368 g/mol. The van der Waals surface area contributed by atoms with Crippen LogP contribution in [0.4, 0.5) is 5.82 Å². The number of nitrogens with zero attached hydrogens (tertiary/aromatic N) is 8. The van der Waals surface area contributed by atoms with Gasteiger partial charge in [-0.1, -0.05) is 0 Å². The molecule has 1 aliphatic heterocycles. The van der Waals surface area contributed by atoms with Gasteiger partial charge in [0, 0.05) is 39.8 Å². The molecule has 1 saturated heterocycles. The summed E-state index contributed by atoms with van der Waals surface area (Å²) in [6, 6.07) is 3.91. The predicted octanol–water partition coefficient (Wildman–Crippen LogP) is 0.664. The Hall–Kier alpha value is -2.81. The van der Waals surface area contributed by atoms with Gasteiger partial charge in [0.15, 0.2) is 11.5 Å². The summed E-state index contributed by atoms with van der Waals surface area (Å²) in [5.41, 5.74) is 1.62. The Balaban J connectivity index is 1.46. The summed E-state index contributed by atoms with van der Waals surface area (Å²) in [5.74, 6) is 2.17. The molecular weight excluding hydrogens is 344 g/mol. The van der Waals surface area contributed by atoms with Gasteiger partial charge < -0.3 is 9.47 Å². The highest BCUT2D eigenvalue weighted by Crippen LogP contribution is 2.27. The second-order valence-corrected chi connectivity index (χ2v) is 7.29. The Bertz CT molecular complexity index is 1000. The smallest absolute Gasteiger partial charge is 0.268 e. The van der Waals surface area contributed by atoms with Gasteiger partial charge in [0.05, 0.1) is 11.9 Å². The van der Waals surface area contributed by atoms with E-state index < -0.39 is 0 Å². The highest BCUT2D eigenvalue weighted by Gasteiger charge is 2.25. The molecule has 4 rings (SSSR count). The van der Waals surface area contributed by atoms with Crippen molar-refractivity contribution in [3.05, 3.63) is 46.4 Å². The Morgan fingerprint density at radius 1 is 1.19 bits per heavy atom. The first-order valence-electron chi connectivity index (χ1n) is 9.15. The topological polar surface area (TPSA) is 84.5 Å². The quantitative estimate of drug-likeness (QED) is 0.669. The fourth-order valence-electron chi connectivity index (χ4n) is 3.50. The van der Waals surface area contributed by atoms with Crippen LogP contribution in [-0.2, 0) is 13.6 Å². The molecule has 27 heavy (non-hydrogen) atoms. The molecule has 4 heterocycles. The molecule has 0 saturated carbocycles. The van der Waals surface area contributed by atoms with E-state index in [-0.39, 0.29) is 5.56 Å². The molecule has 1 fully saturated rings. The molecule has 0 aliphatic carbocycles. The average molecular weight is 368 g/mol. The zero-order valence-electron chi connectivity index (χ0n) is 15.9. The normalized spacial score (nSPS) is 16.1. The number of fused-ring (bicyclic) bond motifs is 1. The van der Waals surface area contributed by atoms with Crippen LogP contribution in [-0.4, -0.2) is 61.4 Å². The maximum absolute atomic E-state index is 11.5. The van der Waals surface area contributed by atoms with Gasteiger partial charge in [-0.25, -0.2) is 0 Å². The third-order valence-electron chi connectivity index (χ3n) is 5.10.